The van der Waals surface area contributed by atoms with Gasteiger partial charge >= 0.3 is 0 Å². The van der Waals surface area contributed by atoms with Crippen LogP contribution < -0.4 is 0 Å². The average Bonchev–Trinajstić information content (AvgIpc) is 2.47. The van der Waals surface area contributed by atoms with E-state index >= 15 is 0 Å². The molecule has 0 aromatic rings. The first-order chi connectivity index (χ1) is 10.1. The minimum absolute atomic E-state index is 0.200. The van der Waals surface area contributed by atoms with Crippen molar-refractivity contribution in [2.24, 2.45) is 0 Å². The van der Waals surface area contributed by atoms with Crippen LogP contribution in [-0.4, -0.2) is 46.3 Å². The highest BCUT2D eigenvalue weighted by Crippen LogP contribution is 2.27. The van der Waals surface area contributed by atoms with Gasteiger partial charge in [-0.15, -0.1) is 7.92 Å². The summed E-state index contributed by atoms with van der Waals surface area (Å²) in [6.07, 6.45) is 13.1. The molecular weight excluding hydrogens is 283 g/mol. The van der Waals surface area contributed by atoms with Gasteiger partial charge in [0, 0.05) is 14.2 Å². The van der Waals surface area contributed by atoms with Gasteiger partial charge in [0.05, 0.1) is 6.10 Å². The predicted octanol–water partition coefficient (Wildman–Crippen LogP) is 5.22. The Bertz CT molecular complexity index is 208. The van der Waals surface area contributed by atoms with Crippen molar-refractivity contribution in [3.05, 3.63) is 0 Å². The van der Waals surface area contributed by atoms with Gasteiger partial charge in [0.25, 0.3) is 6.48 Å². The standard InChI is InChI=1S/C17H37O3P/c1-6-7-8-9-10-11-13-16(14-12-15-21(4)5)20-17(18-2)19-3/h16-17H,6-15H2,1-5H3. The molecule has 0 bridgehead atoms. The van der Waals surface area contributed by atoms with E-state index in [1.165, 1.54) is 51.1 Å². The molecule has 21 heavy (non-hydrogen) atoms. The molecule has 1 atom stereocenters. The van der Waals surface area contributed by atoms with Gasteiger partial charge in [-0.3, -0.25) is 0 Å². The smallest absolute Gasteiger partial charge is 0.271 e. The third-order valence-electron chi connectivity index (χ3n) is 3.70. The third-order valence-corrected chi connectivity index (χ3v) is 4.91. The molecule has 0 radical (unpaired) electrons. The zero-order valence-corrected chi connectivity index (χ0v) is 15.8. The second-order valence-corrected chi connectivity index (χ2v) is 8.63. The van der Waals surface area contributed by atoms with Gasteiger partial charge in [-0.1, -0.05) is 45.4 Å². The number of rotatable bonds is 15. The molecule has 0 N–H and O–H groups in total. The average molecular weight is 320 g/mol. The maximum absolute atomic E-state index is 5.92. The molecule has 0 saturated heterocycles. The summed E-state index contributed by atoms with van der Waals surface area (Å²) in [7, 11) is 3.46. The fourth-order valence-corrected chi connectivity index (χ4v) is 3.25. The van der Waals surface area contributed by atoms with Gasteiger partial charge in [-0.05, 0) is 38.8 Å². The van der Waals surface area contributed by atoms with Crippen molar-refractivity contribution in [3.63, 3.8) is 0 Å². The molecule has 0 spiro atoms. The lowest BCUT2D eigenvalue weighted by atomic mass is 10.0. The molecule has 0 aliphatic carbocycles. The highest BCUT2D eigenvalue weighted by Gasteiger charge is 2.15. The minimum Gasteiger partial charge on any atom is -0.333 e. The molecule has 0 heterocycles. The van der Waals surface area contributed by atoms with Crippen LogP contribution in [0, 0.1) is 0 Å². The van der Waals surface area contributed by atoms with Crippen molar-refractivity contribution in [1.29, 1.82) is 0 Å². The van der Waals surface area contributed by atoms with Crippen LogP contribution in [0.2, 0.25) is 0 Å². The first kappa shape index (κ1) is 21.3. The highest BCUT2D eigenvalue weighted by molar-refractivity contribution is 7.55. The first-order valence-corrected chi connectivity index (χ1v) is 10.9. The van der Waals surface area contributed by atoms with Crippen molar-refractivity contribution < 1.29 is 14.2 Å². The summed E-state index contributed by atoms with van der Waals surface area (Å²) in [5.41, 5.74) is 0. The zero-order valence-electron chi connectivity index (χ0n) is 14.9. The number of ether oxygens (including phenoxy) is 3. The van der Waals surface area contributed by atoms with Gasteiger partial charge in [-0.2, -0.15) is 0 Å². The Balaban J connectivity index is 3.93. The van der Waals surface area contributed by atoms with Crippen LogP contribution in [0.25, 0.3) is 0 Å². The van der Waals surface area contributed by atoms with Crippen LogP contribution in [0.1, 0.15) is 64.7 Å². The minimum atomic E-state index is -0.514. The monoisotopic (exact) mass is 320 g/mol. The fourth-order valence-electron chi connectivity index (χ4n) is 2.43. The summed E-state index contributed by atoms with van der Waals surface area (Å²) in [5.74, 6) is 0. The van der Waals surface area contributed by atoms with Gasteiger partial charge in [0.1, 0.15) is 0 Å². The molecule has 0 rings (SSSR count). The summed E-state index contributed by atoms with van der Waals surface area (Å²) in [4.78, 5) is 0. The van der Waals surface area contributed by atoms with E-state index in [1.807, 2.05) is 0 Å². The summed E-state index contributed by atoms with van der Waals surface area (Å²) in [6, 6.07) is 0. The third kappa shape index (κ3) is 13.7. The van der Waals surface area contributed by atoms with E-state index in [4.69, 9.17) is 14.2 Å². The van der Waals surface area contributed by atoms with Crippen LogP contribution in [-0.2, 0) is 14.2 Å². The lowest BCUT2D eigenvalue weighted by Crippen LogP contribution is -2.25. The molecule has 0 aromatic carbocycles. The molecule has 0 saturated carbocycles. The number of hydrogen-bond donors (Lipinski definition) is 0. The van der Waals surface area contributed by atoms with E-state index < -0.39 is 6.48 Å². The van der Waals surface area contributed by atoms with Crippen LogP contribution in [0.5, 0.6) is 0 Å². The molecule has 3 nitrogen and oxygen atoms in total. The van der Waals surface area contributed by atoms with Crippen molar-refractivity contribution >= 4 is 7.92 Å². The van der Waals surface area contributed by atoms with E-state index in [0.29, 0.717) is 0 Å². The Kier molecular flexibility index (Phi) is 15.4. The molecule has 0 amide bonds. The molecule has 0 aliphatic heterocycles. The first-order valence-electron chi connectivity index (χ1n) is 8.49. The van der Waals surface area contributed by atoms with E-state index in [2.05, 4.69) is 20.3 Å². The number of hydrogen-bond acceptors (Lipinski definition) is 3. The van der Waals surface area contributed by atoms with Crippen molar-refractivity contribution in [2.75, 3.05) is 33.7 Å². The molecular formula is C17H37O3P. The molecule has 0 aliphatic rings. The molecule has 1 unspecified atom stereocenters. The van der Waals surface area contributed by atoms with Crippen molar-refractivity contribution in [2.45, 2.75) is 77.3 Å². The summed E-state index contributed by atoms with van der Waals surface area (Å²) >= 11 is 0. The van der Waals surface area contributed by atoms with Crippen LogP contribution in [0.15, 0.2) is 0 Å². The second-order valence-electron chi connectivity index (χ2n) is 6.02. The van der Waals surface area contributed by atoms with E-state index in [9.17, 15) is 0 Å². The fraction of sp³-hybridized carbons (Fsp3) is 1.00. The van der Waals surface area contributed by atoms with Crippen LogP contribution in [0.4, 0.5) is 0 Å². The second kappa shape index (κ2) is 15.2. The van der Waals surface area contributed by atoms with Gasteiger partial charge < -0.3 is 14.2 Å². The number of unbranched alkanes of at least 4 members (excludes halogenated alkanes) is 5. The number of methoxy groups -OCH3 is 2. The van der Waals surface area contributed by atoms with E-state index in [-0.39, 0.29) is 14.0 Å². The Hall–Kier alpha value is 0.310. The summed E-state index contributed by atoms with van der Waals surface area (Å²) < 4.78 is 16.3. The maximum atomic E-state index is 5.92. The largest absolute Gasteiger partial charge is 0.333 e. The van der Waals surface area contributed by atoms with Crippen molar-refractivity contribution in [3.8, 4) is 0 Å². The van der Waals surface area contributed by atoms with E-state index in [0.717, 1.165) is 12.8 Å². The van der Waals surface area contributed by atoms with Gasteiger partial charge in [0.15, 0.2) is 0 Å². The topological polar surface area (TPSA) is 27.7 Å². The summed E-state index contributed by atoms with van der Waals surface area (Å²) in [5, 5.41) is 0. The lowest BCUT2D eigenvalue weighted by molar-refractivity contribution is -0.285. The van der Waals surface area contributed by atoms with Crippen LogP contribution in [0.3, 0.4) is 0 Å². The Morgan fingerprint density at radius 2 is 1.38 bits per heavy atom. The Morgan fingerprint density at radius 3 is 1.95 bits per heavy atom. The lowest BCUT2D eigenvalue weighted by Gasteiger charge is -2.23. The van der Waals surface area contributed by atoms with E-state index in [1.54, 1.807) is 14.2 Å². The van der Waals surface area contributed by atoms with Gasteiger partial charge in [0.2, 0.25) is 0 Å². The molecule has 0 fully saturated rings. The Labute approximate surface area is 133 Å². The predicted molar refractivity (Wildman–Crippen MR) is 93.5 cm³/mol. The maximum Gasteiger partial charge on any atom is 0.271 e. The normalized spacial score (nSPS) is 13.3. The quantitative estimate of drug-likeness (QED) is 0.235. The highest BCUT2D eigenvalue weighted by atomic mass is 31.1. The van der Waals surface area contributed by atoms with Gasteiger partial charge in [-0.25, -0.2) is 0 Å². The Morgan fingerprint density at radius 1 is 0.810 bits per heavy atom. The zero-order chi connectivity index (χ0) is 15.9. The molecule has 4 heteroatoms. The summed E-state index contributed by atoms with van der Waals surface area (Å²) in [6.45, 7) is 6.42. The van der Waals surface area contributed by atoms with Crippen molar-refractivity contribution in [1.82, 2.24) is 0 Å². The molecule has 128 valence electrons. The van der Waals surface area contributed by atoms with Crippen LogP contribution >= 0.6 is 7.92 Å². The molecule has 0 aromatic heterocycles. The SMILES string of the molecule is CCCCCCCCC(CCCP(C)C)OC(OC)OC.